The van der Waals surface area contributed by atoms with E-state index >= 15 is 0 Å². The Morgan fingerprint density at radius 1 is 1.06 bits per heavy atom. The maximum absolute atomic E-state index is 13.7. The van der Waals surface area contributed by atoms with Crippen LogP contribution in [0.2, 0.25) is 0 Å². The smallest absolute Gasteiger partial charge is 0.254 e. The zero-order valence-electron chi connectivity index (χ0n) is 19.8. The van der Waals surface area contributed by atoms with Crippen molar-refractivity contribution in [1.82, 2.24) is 14.8 Å². The van der Waals surface area contributed by atoms with Crippen LogP contribution in [-0.2, 0) is 11.3 Å². The average molecular weight is 459 g/mol. The fourth-order valence-electron chi connectivity index (χ4n) is 4.23. The minimum absolute atomic E-state index is 0.0172. The van der Waals surface area contributed by atoms with E-state index < -0.39 is 0 Å². The molecular formula is C27H30N4O3. The quantitative estimate of drug-likeness (QED) is 0.603. The zero-order valence-corrected chi connectivity index (χ0v) is 19.8. The number of aryl methyl sites for hydroxylation is 1. The van der Waals surface area contributed by atoms with Crippen molar-refractivity contribution in [2.24, 2.45) is 0 Å². The van der Waals surface area contributed by atoms with Gasteiger partial charge in [0.25, 0.3) is 5.91 Å². The molecule has 4 rings (SSSR count). The van der Waals surface area contributed by atoms with E-state index in [0.717, 1.165) is 28.1 Å². The topological polar surface area (TPSA) is 74.8 Å². The monoisotopic (exact) mass is 458 g/mol. The second kappa shape index (κ2) is 10.4. The summed E-state index contributed by atoms with van der Waals surface area (Å²) in [4.78, 5) is 33.5. The first-order chi connectivity index (χ1) is 16.5. The molecule has 0 aliphatic carbocycles. The Morgan fingerprint density at radius 3 is 2.47 bits per heavy atom. The van der Waals surface area contributed by atoms with Gasteiger partial charge in [0, 0.05) is 56.7 Å². The normalized spacial score (nSPS) is 15.7. The number of ether oxygens (including phenoxy) is 1. The van der Waals surface area contributed by atoms with Gasteiger partial charge in [-0.2, -0.15) is 0 Å². The number of nitrogens with one attached hydrogen (secondary N) is 1. The molecule has 0 bridgehead atoms. The molecule has 3 aromatic rings. The Kier molecular flexibility index (Phi) is 7.11. The number of piperazine rings is 1. The molecule has 0 radical (unpaired) electrons. The van der Waals surface area contributed by atoms with E-state index in [2.05, 4.69) is 10.3 Å². The van der Waals surface area contributed by atoms with Crippen LogP contribution in [0.1, 0.15) is 40.0 Å². The highest BCUT2D eigenvalue weighted by atomic mass is 16.5. The first-order valence-electron chi connectivity index (χ1n) is 11.4. The van der Waals surface area contributed by atoms with Gasteiger partial charge in [0.05, 0.1) is 13.2 Å². The van der Waals surface area contributed by atoms with Crippen LogP contribution in [0.15, 0.2) is 67.0 Å². The SMILES string of the molecule is COc1ccc(C2CN(C(C)=O)CCN2C(=O)c2ccc(C)c(NCc3ccncc3)c2)cc1. The largest absolute Gasteiger partial charge is 0.497 e. The molecule has 1 N–H and O–H groups in total. The highest BCUT2D eigenvalue weighted by molar-refractivity contribution is 5.96. The van der Waals surface area contributed by atoms with E-state index in [1.807, 2.05) is 66.4 Å². The number of hydrogen-bond donors (Lipinski definition) is 1. The molecule has 0 spiro atoms. The second-order valence-corrected chi connectivity index (χ2v) is 8.49. The van der Waals surface area contributed by atoms with Gasteiger partial charge in [-0.15, -0.1) is 0 Å². The summed E-state index contributed by atoms with van der Waals surface area (Å²) >= 11 is 0. The molecule has 7 heteroatoms. The number of aromatic nitrogens is 1. The van der Waals surface area contributed by atoms with Crippen LogP contribution in [0.25, 0.3) is 0 Å². The molecule has 1 fully saturated rings. The number of pyridine rings is 1. The lowest BCUT2D eigenvalue weighted by atomic mass is 10.00. The first-order valence-corrected chi connectivity index (χ1v) is 11.4. The lowest BCUT2D eigenvalue weighted by Crippen LogP contribution is -2.51. The fourth-order valence-corrected chi connectivity index (χ4v) is 4.23. The highest BCUT2D eigenvalue weighted by Crippen LogP contribution is 2.29. The van der Waals surface area contributed by atoms with Crippen LogP contribution < -0.4 is 10.1 Å². The summed E-state index contributed by atoms with van der Waals surface area (Å²) < 4.78 is 5.28. The summed E-state index contributed by atoms with van der Waals surface area (Å²) in [5.41, 5.74) is 4.71. The highest BCUT2D eigenvalue weighted by Gasteiger charge is 2.33. The summed E-state index contributed by atoms with van der Waals surface area (Å²) in [5.74, 6) is 0.726. The lowest BCUT2D eigenvalue weighted by molar-refractivity contribution is -0.131. The van der Waals surface area contributed by atoms with Crippen molar-refractivity contribution in [2.75, 3.05) is 32.1 Å². The molecule has 0 saturated carbocycles. The van der Waals surface area contributed by atoms with Gasteiger partial charge in [-0.3, -0.25) is 14.6 Å². The number of nitrogens with zero attached hydrogens (tertiary/aromatic N) is 3. The zero-order chi connectivity index (χ0) is 24.1. The van der Waals surface area contributed by atoms with Crippen molar-refractivity contribution in [3.8, 4) is 5.75 Å². The number of carbonyl (C=O) groups is 2. The fraction of sp³-hybridized carbons (Fsp3) is 0.296. The second-order valence-electron chi connectivity index (χ2n) is 8.49. The number of carbonyl (C=O) groups excluding carboxylic acids is 2. The van der Waals surface area contributed by atoms with Crippen LogP contribution in [0, 0.1) is 6.92 Å². The van der Waals surface area contributed by atoms with Gasteiger partial charge in [-0.25, -0.2) is 0 Å². The molecule has 2 aromatic carbocycles. The van der Waals surface area contributed by atoms with Gasteiger partial charge >= 0.3 is 0 Å². The van der Waals surface area contributed by atoms with Crippen LogP contribution >= 0.6 is 0 Å². The predicted octanol–water partition coefficient (Wildman–Crippen LogP) is 4.06. The Balaban J connectivity index is 1.58. The van der Waals surface area contributed by atoms with E-state index in [1.54, 1.807) is 31.3 Å². The van der Waals surface area contributed by atoms with Gasteiger partial charge in [0.15, 0.2) is 0 Å². The number of rotatable bonds is 6. The summed E-state index contributed by atoms with van der Waals surface area (Å²) in [6.45, 7) is 5.70. The van der Waals surface area contributed by atoms with Crippen molar-refractivity contribution in [3.05, 3.63) is 89.2 Å². The lowest BCUT2D eigenvalue weighted by Gasteiger charge is -2.41. The van der Waals surface area contributed by atoms with E-state index in [0.29, 0.717) is 31.7 Å². The Hall–Kier alpha value is -3.87. The van der Waals surface area contributed by atoms with Gasteiger partial charge in [-0.1, -0.05) is 18.2 Å². The summed E-state index contributed by atoms with van der Waals surface area (Å²) in [6.07, 6.45) is 3.54. The molecule has 1 unspecified atom stereocenters. The predicted molar refractivity (Wildman–Crippen MR) is 132 cm³/mol. The van der Waals surface area contributed by atoms with Crippen molar-refractivity contribution < 1.29 is 14.3 Å². The number of hydrogen-bond acceptors (Lipinski definition) is 5. The Bertz CT molecular complexity index is 1150. The number of methoxy groups -OCH3 is 1. The molecule has 1 aliphatic heterocycles. The Morgan fingerprint density at radius 2 is 1.79 bits per heavy atom. The van der Waals surface area contributed by atoms with Gasteiger partial charge < -0.3 is 19.9 Å². The molecule has 1 aliphatic rings. The van der Waals surface area contributed by atoms with Crippen LogP contribution in [0.4, 0.5) is 5.69 Å². The number of benzene rings is 2. The summed E-state index contributed by atoms with van der Waals surface area (Å²) in [5, 5.41) is 3.44. The van der Waals surface area contributed by atoms with Crippen molar-refractivity contribution in [1.29, 1.82) is 0 Å². The van der Waals surface area contributed by atoms with Gasteiger partial charge in [0.2, 0.25) is 5.91 Å². The maximum Gasteiger partial charge on any atom is 0.254 e. The van der Waals surface area contributed by atoms with Crippen LogP contribution in [0.5, 0.6) is 5.75 Å². The molecule has 1 aromatic heterocycles. The van der Waals surface area contributed by atoms with E-state index in [4.69, 9.17) is 4.74 Å². The third-order valence-corrected chi connectivity index (χ3v) is 6.30. The molecule has 2 heterocycles. The van der Waals surface area contributed by atoms with Crippen molar-refractivity contribution in [2.45, 2.75) is 26.4 Å². The number of amides is 2. The molecule has 1 saturated heterocycles. The molecule has 7 nitrogen and oxygen atoms in total. The third kappa shape index (κ3) is 5.20. The molecule has 2 amide bonds. The molecule has 34 heavy (non-hydrogen) atoms. The van der Waals surface area contributed by atoms with E-state index in [1.165, 1.54) is 0 Å². The minimum atomic E-state index is -0.231. The van der Waals surface area contributed by atoms with Crippen molar-refractivity contribution >= 4 is 17.5 Å². The van der Waals surface area contributed by atoms with E-state index in [9.17, 15) is 9.59 Å². The Labute approximate surface area is 200 Å². The first kappa shape index (κ1) is 23.3. The standard InChI is InChI=1S/C27H30N4O3/c1-19-4-5-23(16-25(19)29-17-21-10-12-28-13-11-21)27(33)31-15-14-30(20(2)32)18-26(31)22-6-8-24(34-3)9-7-22/h4-13,16,26,29H,14-15,17-18H2,1-3H3. The molecule has 1 atom stereocenters. The maximum atomic E-state index is 13.7. The summed E-state index contributed by atoms with van der Waals surface area (Å²) in [6, 6.07) is 17.2. The van der Waals surface area contributed by atoms with E-state index in [-0.39, 0.29) is 17.9 Å². The van der Waals surface area contributed by atoms with Crippen LogP contribution in [0.3, 0.4) is 0 Å². The van der Waals surface area contributed by atoms with Gasteiger partial charge in [-0.05, 0) is 60.0 Å². The molecular weight excluding hydrogens is 428 g/mol. The average Bonchev–Trinajstić information content (AvgIpc) is 2.88. The number of anilines is 1. The van der Waals surface area contributed by atoms with Gasteiger partial charge in [0.1, 0.15) is 5.75 Å². The minimum Gasteiger partial charge on any atom is -0.497 e. The van der Waals surface area contributed by atoms with Crippen LogP contribution in [-0.4, -0.2) is 53.3 Å². The summed E-state index contributed by atoms with van der Waals surface area (Å²) in [7, 11) is 1.63. The molecule has 176 valence electrons. The van der Waals surface area contributed by atoms with Crippen molar-refractivity contribution in [3.63, 3.8) is 0 Å². The third-order valence-electron chi connectivity index (χ3n) is 6.30.